The van der Waals surface area contributed by atoms with Gasteiger partial charge in [0.05, 0.1) is 0 Å². The Morgan fingerprint density at radius 2 is 2.00 bits per heavy atom. The topological polar surface area (TPSA) is 46.3 Å². The van der Waals surface area contributed by atoms with E-state index < -0.39 is 0 Å². The zero-order valence-corrected chi connectivity index (χ0v) is 10.2. The molecule has 1 aromatic carbocycles. The van der Waals surface area contributed by atoms with Crippen molar-refractivity contribution in [3.05, 3.63) is 41.7 Å². The monoisotopic (exact) mass is 248 g/mol. The van der Waals surface area contributed by atoms with E-state index in [2.05, 4.69) is 0 Å². The molecule has 1 heterocycles. The summed E-state index contributed by atoms with van der Waals surface area (Å²) in [7, 11) is 0. The number of carbonyl (C=O) groups is 1. The number of benzene rings is 1. The van der Waals surface area contributed by atoms with Crippen molar-refractivity contribution in [2.45, 2.75) is 18.9 Å². The highest BCUT2D eigenvalue weighted by Crippen LogP contribution is 2.11. The van der Waals surface area contributed by atoms with Crippen molar-refractivity contribution in [2.24, 2.45) is 5.73 Å². The highest BCUT2D eigenvalue weighted by molar-refractivity contribution is 5.91. The average Bonchev–Trinajstić information content (AvgIpc) is 2.38. The van der Waals surface area contributed by atoms with E-state index in [9.17, 15) is 9.18 Å². The fourth-order valence-electron chi connectivity index (χ4n) is 2.00. The molecule has 0 aromatic heterocycles. The predicted octanol–water partition coefficient (Wildman–Crippen LogP) is 1.79. The second-order valence-electron chi connectivity index (χ2n) is 4.52. The molecule has 0 spiro atoms. The van der Waals surface area contributed by atoms with Gasteiger partial charge >= 0.3 is 0 Å². The van der Waals surface area contributed by atoms with E-state index in [0.717, 1.165) is 12.8 Å². The van der Waals surface area contributed by atoms with Crippen molar-refractivity contribution in [3.8, 4) is 0 Å². The van der Waals surface area contributed by atoms with Crippen molar-refractivity contribution < 1.29 is 9.18 Å². The molecule has 2 N–H and O–H groups in total. The van der Waals surface area contributed by atoms with Gasteiger partial charge in [0.2, 0.25) is 5.91 Å². The van der Waals surface area contributed by atoms with Crippen LogP contribution in [0.1, 0.15) is 18.4 Å². The van der Waals surface area contributed by atoms with Crippen LogP contribution in [0.5, 0.6) is 0 Å². The molecule has 0 aliphatic carbocycles. The first kappa shape index (κ1) is 12.8. The third kappa shape index (κ3) is 3.17. The lowest BCUT2D eigenvalue weighted by atomic mass is 10.1. The Kier molecular flexibility index (Phi) is 4.10. The third-order valence-electron chi connectivity index (χ3n) is 3.16. The van der Waals surface area contributed by atoms with Gasteiger partial charge in [-0.25, -0.2) is 4.39 Å². The molecular weight excluding hydrogens is 231 g/mol. The Bertz CT molecular complexity index is 451. The fraction of sp³-hybridized carbons (Fsp3) is 0.357. The minimum Gasteiger partial charge on any atom is -0.339 e. The molecular formula is C14H17FN2O. The Labute approximate surface area is 106 Å². The van der Waals surface area contributed by atoms with Gasteiger partial charge in [0, 0.05) is 30.8 Å². The van der Waals surface area contributed by atoms with Crippen LogP contribution in [-0.4, -0.2) is 29.9 Å². The molecule has 3 nitrogen and oxygen atoms in total. The molecule has 0 radical (unpaired) electrons. The van der Waals surface area contributed by atoms with Crippen molar-refractivity contribution >= 4 is 12.0 Å². The lowest BCUT2D eigenvalue weighted by Gasteiger charge is -2.29. The molecule has 2 rings (SSSR count). The number of carbonyl (C=O) groups excluding carboxylic acids is 1. The molecule has 1 aliphatic rings. The zero-order valence-electron chi connectivity index (χ0n) is 10.2. The number of nitrogens with two attached hydrogens (primary N) is 1. The summed E-state index contributed by atoms with van der Waals surface area (Å²) in [6.07, 6.45) is 4.61. The summed E-state index contributed by atoms with van der Waals surface area (Å²) in [5, 5.41) is 0. The molecule has 18 heavy (non-hydrogen) atoms. The maximum atomic E-state index is 13.3. The number of rotatable bonds is 2. The second-order valence-corrected chi connectivity index (χ2v) is 4.52. The molecule has 1 aromatic rings. The van der Waals surface area contributed by atoms with Crippen LogP contribution < -0.4 is 5.73 Å². The van der Waals surface area contributed by atoms with Crippen LogP contribution in [-0.2, 0) is 4.79 Å². The van der Waals surface area contributed by atoms with Crippen LogP contribution in [0.3, 0.4) is 0 Å². The lowest BCUT2D eigenvalue weighted by Crippen LogP contribution is -2.42. The Hall–Kier alpha value is -1.68. The van der Waals surface area contributed by atoms with Gasteiger partial charge in [0.15, 0.2) is 0 Å². The summed E-state index contributed by atoms with van der Waals surface area (Å²) in [6.45, 7) is 1.36. The quantitative estimate of drug-likeness (QED) is 0.811. The summed E-state index contributed by atoms with van der Waals surface area (Å²) in [5.74, 6) is -0.396. The molecule has 0 bridgehead atoms. The molecule has 4 heteroatoms. The number of amides is 1. The summed E-state index contributed by atoms with van der Waals surface area (Å²) in [6, 6.07) is 6.59. The van der Waals surface area contributed by atoms with Crippen LogP contribution in [0.15, 0.2) is 30.3 Å². The minimum atomic E-state index is -0.317. The van der Waals surface area contributed by atoms with E-state index in [4.69, 9.17) is 5.73 Å². The number of nitrogens with zero attached hydrogens (tertiary/aromatic N) is 1. The molecule has 1 aliphatic heterocycles. The number of hydrogen-bond donors (Lipinski definition) is 1. The first-order valence-electron chi connectivity index (χ1n) is 6.14. The second kappa shape index (κ2) is 5.78. The van der Waals surface area contributed by atoms with Gasteiger partial charge in [-0.3, -0.25) is 4.79 Å². The van der Waals surface area contributed by atoms with Crippen LogP contribution in [0, 0.1) is 5.82 Å². The van der Waals surface area contributed by atoms with Crippen LogP contribution in [0.4, 0.5) is 4.39 Å². The van der Waals surface area contributed by atoms with Gasteiger partial charge in [0.25, 0.3) is 0 Å². The van der Waals surface area contributed by atoms with E-state index in [0.29, 0.717) is 18.7 Å². The highest BCUT2D eigenvalue weighted by Gasteiger charge is 2.18. The number of likely N-dealkylation sites (tertiary alicyclic amines) is 1. The van der Waals surface area contributed by atoms with Gasteiger partial charge in [-0.2, -0.15) is 0 Å². The van der Waals surface area contributed by atoms with Crippen molar-refractivity contribution in [1.82, 2.24) is 4.90 Å². The summed E-state index contributed by atoms with van der Waals surface area (Å²) < 4.78 is 13.3. The fourth-order valence-corrected chi connectivity index (χ4v) is 2.00. The van der Waals surface area contributed by atoms with Crippen LogP contribution in [0.25, 0.3) is 6.08 Å². The largest absolute Gasteiger partial charge is 0.339 e. The minimum absolute atomic E-state index is 0.0786. The maximum Gasteiger partial charge on any atom is 0.246 e. The average molecular weight is 248 g/mol. The summed E-state index contributed by atoms with van der Waals surface area (Å²) in [5.41, 5.74) is 6.21. The molecule has 0 unspecified atom stereocenters. The smallest absolute Gasteiger partial charge is 0.246 e. The molecule has 1 saturated heterocycles. The van der Waals surface area contributed by atoms with Crippen LogP contribution in [0.2, 0.25) is 0 Å². The summed E-state index contributed by atoms with van der Waals surface area (Å²) in [4.78, 5) is 13.6. The highest BCUT2D eigenvalue weighted by atomic mass is 19.1. The molecule has 1 amide bonds. The Balaban J connectivity index is 1.97. The van der Waals surface area contributed by atoms with Gasteiger partial charge < -0.3 is 10.6 Å². The predicted molar refractivity (Wildman–Crippen MR) is 69.2 cm³/mol. The van der Waals surface area contributed by atoms with Gasteiger partial charge in [-0.15, -0.1) is 0 Å². The number of halogens is 1. The van der Waals surface area contributed by atoms with Crippen molar-refractivity contribution in [3.63, 3.8) is 0 Å². The van der Waals surface area contributed by atoms with E-state index >= 15 is 0 Å². The van der Waals surface area contributed by atoms with Gasteiger partial charge in [-0.05, 0) is 25.0 Å². The first-order chi connectivity index (χ1) is 8.66. The standard InChI is InChI=1S/C14H17FN2O/c15-13-4-2-1-3-11(13)5-6-14(18)17-9-7-12(16)8-10-17/h1-6,12H,7-10,16H2/b6-5+. The normalized spacial score (nSPS) is 17.3. The van der Waals surface area contributed by atoms with Crippen molar-refractivity contribution in [1.29, 1.82) is 0 Å². The first-order valence-corrected chi connectivity index (χ1v) is 6.14. The zero-order chi connectivity index (χ0) is 13.0. The van der Waals surface area contributed by atoms with Gasteiger partial charge in [-0.1, -0.05) is 18.2 Å². The molecule has 1 fully saturated rings. The van der Waals surface area contributed by atoms with Crippen molar-refractivity contribution in [2.75, 3.05) is 13.1 Å². The van der Waals surface area contributed by atoms with E-state index in [1.165, 1.54) is 18.2 Å². The number of hydrogen-bond acceptors (Lipinski definition) is 2. The third-order valence-corrected chi connectivity index (χ3v) is 3.16. The number of piperidine rings is 1. The van der Waals surface area contributed by atoms with Crippen LogP contribution >= 0.6 is 0 Å². The van der Waals surface area contributed by atoms with E-state index in [1.807, 2.05) is 0 Å². The van der Waals surface area contributed by atoms with Gasteiger partial charge in [0.1, 0.15) is 5.82 Å². The molecule has 96 valence electrons. The van der Waals surface area contributed by atoms with E-state index in [1.54, 1.807) is 23.1 Å². The SMILES string of the molecule is NC1CCN(C(=O)/C=C/c2ccccc2F)CC1. The summed E-state index contributed by atoms with van der Waals surface area (Å²) >= 11 is 0. The molecule has 0 atom stereocenters. The Morgan fingerprint density at radius 1 is 1.33 bits per heavy atom. The Morgan fingerprint density at radius 3 is 2.67 bits per heavy atom. The van der Waals surface area contributed by atoms with E-state index in [-0.39, 0.29) is 17.8 Å². The molecule has 0 saturated carbocycles. The lowest BCUT2D eigenvalue weighted by molar-refractivity contribution is -0.126. The maximum absolute atomic E-state index is 13.3.